The number of likely N-dealkylation sites (tertiary alicyclic amines) is 2. The summed E-state index contributed by atoms with van der Waals surface area (Å²) in [4.78, 5) is 16.9. The molecule has 118 valence electrons. The van der Waals surface area contributed by atoms with E-state index in [1.54, 1.807) is 0 Å². The number of carbonyl (C=O) groups is 1. The molecule has 4 rings (SSSR count). The molecule has 2 atom stereocenters. The lowest BCUT2D eigenvalue weighted by Crippen LogP contribution is -2.41. The average Bonchev–Trinajstić information content (AvgIpc) is 3.25. The highest BCUT2D eigenvalue weighted by molar-refractivity contribution is 5.94. The van der Waals surface area contributed by atoms with Crippen LogP contribution >= 0.6 is 0 Å². The van der Waals surface area contributed by atoms with Crippen LogP contribution in [0.3, 0.4) is 0 Å². The molecule has 0 unspecified atom stereocenters. The third kappa shape index (κ3) is 2.44. The van der Waals surface area contributed by atoms with Gasteiger partial charge in [0, 0.05) is 18.7 Å². The van der Waals surface area contributed by atoms with Crippen molar-refractivity contribution in [1.29, 1.82) is 0 Å². The number of aryl methyl sites for hydroxylation is 2. The minimum absolute atomic E-state index is 0.0791. The second-order valence-electron chi connectivity index (χ2n) is 6.92. The molecule has 0 spiro atoms. The second-order valence-corrected chi connectivity index (χ2v) is 6.92. The van der Waals surface area contributed by atoms with Crippen LogP contribution in [0.4, 0.5) is 0 Å². The van der Waals surface area contributed by atoms with Crippen molar-refractivity contribution in [1.82, 2.24) is 9.80 Å². The Morgan fingerprint density at radius 2 is 1.82 bits per heavy atom. The van der Waals surface area contributed by atoms with Crippen LogP contribution in [0.5, 0.6) is 0 Å². The molecule has 2 fully saturated rings. The summed E-state index contributed by atoms with van der Waals surface area (Å²) in [6, 6.07) is 6.27. The maximum absolute atomic E-state index is 12.7. The molecule has 2 heterocycles. The van der Waals surface area contributed by atoms with E-state index in [1.807, 2.05) is 11.0 Å². The Balaban J connectivity index is 1.49. The lowest BCUT2D eigenvalue weighted by atomic mass is 10.1. The van der Waals surface area contributed by atoms with Crippen molar-refractivity contribution in [3.8, 4) is 0 Å². The number of nitrogens with zero attached hydrogens (tertiary/aromatic N) is 2. The van der Waals surface area contributed by atoms with Crippen molar-refractivity contribution in [2.75, 3.05) is 26.2 Å². The van der Waals surface area contributed by atoms with Crippen LogP contribution in [0.25, 0.3) is 0 Å². The summed E-state index contributed by atoms with van der Waals surface area (Å²) < 4.78 is 0. The van der Waals surface area contributed by atoms with Crippen LogP contribution in [-0.4, -0.2) is 59.1 Å². The lowest BCUT2D eigenvalue weighted by Gasteiger charge is -2.25. The van der Waals surface area contributed by atoms with Crippen LogP contribution in [0.15, 0.2) is 18.2 Å². The van der Waals surface area contributed by atoms with E-state index in [1.165, 1.54) is 30.4 Å². The van der Waals surface area contributed by atoms with E-state index < -0.39 is 6.10 Å². The molecule has 1 aliphatic carbocycles. The van der Waals surface area contributed by atoms with Gasteiger partial charge in [-0.25, -0.2) is 0 Å². The predicted octanol–water partition coefficient (Wildman–Crippen LogP) is 1.46. The van der Waals surface area contributed by atoms with Gasteiger partial charge in [-0.3, -0.25) is 9.69 Å². The van der Waals surface area contributed by atoms with Gasteiger partial charge in [-0.15, -0.1) is 0 Å². The summed E-state index contributed by atoms with van der Waals surface area (Å²) in [5.74, 6) is 0.0791. The van der Waals surface area contributed by atoms with Gasteiger partial charge in [0.2, 0.25) is 0 Å². The molecule has 1 aromatic carbocycles. The van der Waals surface area contributed by atoms with E-state index in [4.69, 9.17) is 0 Å². The SMILES string of the molecule is O=C(c1ccc2c(c1)CCC2)N1C[C@@H](O)[C@H](N2CCCC2)C1. The molecule has 1 aromatic rings. The van der Waals surface area contributed by atoms with Crippen molar-refractivity contribution in [3.63, 3.8) is 0 Å². The number of rotatable bonds is 2. The van der Waals surface area contributed by atoms with E-state index >= 15 is 0 Å². The van der Waals surface area contributed by atoms with Gasteiger partial charge < -0.3 is 10.0 Å². The first-order valence-corrected chi connectivity index (χ1v) is 8.55. The first-order valence-electron chi connectivity index (χ1n) is 8.55. The van der Waals surface area contributed by atoms with E-state index in [-0.39, 0.29) is 11.9 Å². The predicted molar refractivity (Wildman–Crippen MR) is 85.0 cm³/mol. The largest absolute Gasteiger partial charge is 0.390 e. The number of aliphatic hydroxyl groups excluding tert-OH is 1. The summed E-state index contributed by atoms with van der Waals surface area (Å²) in [6.45, 7) is 3.25. The van der Waals surface area contributed by atoms with Crippen molar-refractivity contribution in [2.45, 2.75) is 44.2 Å². The van der Waals surface area contributed by atoms with Crippen LogP contribution in [0.2, 0.25) is 0 Å². The Labute approximate surface area is 131 Å². The fourth-order valence-electron chi connectivity index (χ4n) is 4.25. The number of hydrogen-bond donors (Lipinski definition) is 1. The Morgan fingerprint density at radius 1 is 1.05 bits per heavy atom. The molecule has 1 amide bonds. The first-order chi connectivity index (χ1) is 10.7. The van der Waals surface area contributed by atoms with Crippen molar-refractivity contribution in [2.24, 2.45) is 0 Å². The number of carbonyl (C=O) groups excluding carboxylic acids is 1. The fourth-order valence-corrected chi connectivity index (χ4v) is 4.25. The van der Waals surface area contributed by atoms with Gasteiger partial charge in [0.05, 0.1) is 12.1 Å². The van der Waals surface area contributed by atoms with Crippen molar-refractivity contribution < 1.29 is 9.90 Å². The second kappa shape index (κ2) is 5.67. The van der Waals surface area contributed by atoms with Gasteiger partial charge in [-0.1, -0.05) is 6.07 Å². The zero-order valence-electron chi connectivity index (χ0n) is 13.0. The molecule has 4 heteroatoms. The molecule has 3 aliphatic rings. The first kappa shape index (κ1) is 14.2. The highest BCUT2D eigenvalue weighted by atomic mass is 16.3. The van der Waals surface area contributed by atoms with Crippen LogP contribution in [0, 0.1) is 0 Å². The molecular formula is C18H24N2O2. The molecular weight excluding hydrogens is 276 g/mol. The van der Waals surface area contributed by atoms with E-state index in [0.717, 1.165) is 31.5 Å². The Bertz CT molecular complexity index is 580. The van der Waals surface area contributed by atoms with Gasteiger partial charge >= 0.3 is 0 Å². The Hall–Kier alpha value is -1.39. The van der Waals surface area contributed by atoms with Gasteiger partial charge in [-0.05, 0) is 68.5 Å². The smallest absolute Gasteiger partial charge is 0.254 e. The van der Waals surface area contributed by atoms with Gasteiger partial charge in [0.1, 0.15) is 0 Å². The maximum atomic E-state index is 12.7. The van der Waals surface area contributed by atoms with E-state index in [0.29, 0.717) is 13.1 Å². The highest BCUT2D eigenvalue weighted by Crippen LogP contribution is 2.26. The molecule has 22 heavy (non-hydrogen) atoms. The molecule has 0 bridgehead atoms. The number of hydrogen-bond acceptors (Lipinski definition) is 3. The fraction of sp³-hybridized carbons (Fsp3) is 0.611. The summed E-state index contributed by atoms with van der Waals surface area (Å²) in [6.07, 6.45) is 5.45. The van der Waals surface area contributed by atoms with E-state index in [2.05, 4.69) is 17.0 Å². The van der Waals surface area contributed by atoms with Crippen LogP contribution < -0.4 is 0 Å². The van der Waals surface area contributed by atoms with Gasteiger partial charge in [0.15, 0.2) is 0 Å². The third-order valence-electron chi connectivity index (χ3n) is 5.50. The highest BCUT2D eigenvalue weighted by Gasteiger charge is 2.38. The minimum atomic E-state index is -0.406. The van der Waals surface area contributed by atoms with Crippen LogP contribution in [0.1, 0.15) is 40.7 Å². The maximum Gasteiger partial charge on any atom is 0.254 e. The minimum Gasteiger partial charge on any atom is -0.390 e. The molecule has 2 saturated heterocycles. The number of benzene rings is 1. The van der Waals surface area contributed by atoms with Crippen molar-refractivity contribution in [3.05, 3.63) is 34.9 Å². The monoisotopic (exact) mass is 300 g/mol. The van der Waals surface area contributed by atoms with Crippen LogP contribution in [-0.2, 0) is 12.8 Å². The quantitative estimate of drug-likeness (QED) is 0.899. The van der Waals surface area contributed by atoms with Crippen molar-refractivity contribution >= 4 is 5.91 Å². The lowest BCUT2D eigenvalue weighted by molar-refractivity contribution is 0.0763. The molecule has 0 aromatic heterocycles. The molecule has 2 aliphatic heterocycles. The molecule has 4 nitrogen and oxygen atoms in total. The number of aliphatic hydroxyl groups is 1. The summed E-state index contributed by atoms with van der Waals surface area (Å²) in [5, 5.41) is 10.3. The molecule has 0 saturated carbocycles. The average molecular weight is 300 g/mol. The van der Waals surface area contributed by atoms with Gasteiger partial charge in [-0.2, -0.15) is 0 Å². The Kier molecular flexibility index (Phi) is 3.66. The summed E-state index contributed by atoms with van der Waals surface area (Å²) in [5.41, 5.74) is 3.52. The van der Waals surface area contributed by atoms with Gasteiger partial charge in [0.25, 0.3) is 5.91 Å². The standard InChI is InChI=1S/C18H24N2O2/c21-17-12-20(11-16(17)19-8-1-2-9-19)18(22)15-7-6-13-4-3-5-14(13)10-15/h6-7,10,16-17,21H,1-5,8-9,11-12H2/t16-,17-/m1/s1. The zero-order valence-corrected chi connectivity index (χ0v) is 13.0. The number of amides is 1. The molecule has 1 N–H and O–H groups in total. The number of β-amino-alcohol motifs (C(OH)–C–C–N with tert-alkyl or cyclic N) is 1. The zero-order chi connectivity index (χ0) is 15.1. The molecule has 0 radical (unpaired) electrons. The number of fused-ring (bicyclic) bond motifs is 1. The summed E-state index contributed by atoms with van der Waals surface area (Å²) >= 11 is 0. The summed E-state index contributed by atoms with van der Waals surface area (Å²) in [7, 11) is 0. The normalized spacial score (nSPS) is 28.3. The van der Waals surface area contributed by atoms with E-state index in [9.17, 15) is 9.90 Å². The third-order valence-corrected chi connectivity index (χ3v) is 5.50. The topological polar surface area (TPSA) is 43.8 Å². The Morgan fingerprint density at radius 3 is 2.64 bits per heavy atom.